The van der Waals surface area contributed by atoms with E-state index in [1.54, 1.807) is 0 Å². The molecule has 1 spiro atoms. The molecule has 1 saturated carbocycles. The first-order valence-electron chi connectivity index (χ1n) is 8.15. The lowest BCUT2D eigenvalue weighted by molar-refractivity contribution is -0.137. The van der Waals surface area contributed by atoms with Crippen molar-refractivity contribution in [2.45, 2.75) is 62.2 Å². The van der Waals surface area contributed by atoms with Crippen LogP contribution in [0.3, 0.4) is 0 Å². The molecule has 0 amide bonds. The van der Waals surface area contributed by atoms with Crippen LogP contribution in [0.1, 0.15) is 44.9 Å². The van der Waals surface area contributed by atoms with Crippen molar-refractivity contribution in [1.29, 1.82) is 0 Å². The van der Waals surface area contributed by atoms with Crippen molar-refractivity contribution >= 4 is 0 Å². The van der Waals surface area contributed by atoms with Gasteiger partial charge < -0.3 is 19.5 Å². The van der Waals surface area contributed by atoms with Crippen LogP contribution in [0.25, 0.3) is 0 Å². The number of hydrogen-bond acceptors (Lipinski definition) is 4. The highest BCUT2D eigenvalue weighted by molar-refractivity contribution is 5.03. The molecule has 1 N–H and O–H groups in total. The van der Waals surface area contributed by atoms with Gasteiger partial charge >= 0.3 is 0 Å². The maximum absolute atomic E-state index is 11.1. The Morgan fingerprint density at radius 3 is 2.50 bits per heavy atom. The highest BCUT2D eigenvalue weighted by Gasteiger charge is 2.50. The zero-order valence-corrected chi connectivity index (χ0v) is 12.9. The van der Waals surface area contributed by atoms with Gasteiger partial charge in [0.05, 0.1) is 18.3 Å². The van der Waals surface area contributed by atoms with Gasteiger partial charge in [-0.2, -0.15) is 0 Å². The first kappa shape index (κ1) is 14.8. The molecule has 4 nitrogen and oxygen atoms in total. The second-order valence-electron chi connectivity index (χ2n) is 7.24. The van der Waals surface area contributed by atoms with Gasteiger partial charge in [0.25, 0.3) is 0 Å². The van der Waals surface area contributed by atoms with E-state index in [2.05, 4.69) is 19.0 Å². The van der Waals surface area contributed by atoms with Crippen molar-refractivity contribution in [3.63, 3.8) is 0 Å². The van der Waals surface area contributed by atoms with Crippen LogP contribution in [0.5, 0.6) is 0 Å². The average molecular weight is 283 g/mol. The first-order valence-corrected chi connectivity index (χ1v) is 8.15. The smallest absolute Gasteiger partial charge is 0.0940 e. The van der Waals surface area contributed by atoms with Crippen LogP contribution < -0.4 is 0 Å². The third kappa shape index (κ3) is 2.41. The molecule has 0 radical (unpaired) electrons. The summed E-state index contributed by atoms with van der Waals surface area (Å²) in [4.78, 5) is 2.28. The second-order valence-corrected chi connectivity index (χ2v) is 7.24. The standard InChI is InChI=1S/C16H29NO3/c1-17(2)16(6-3-4-7-16)14(18)13-5-9-20-15(11-13)8-10-19-12-15/h13-14,18H,3-12H2,1-2H3. The summed E-state index contributed by atoms with van der Waals surface area (Å²) in [7, 11) is 4.25. The van der Waals surface area contributed by atoms with Crippen LogP contribution in [0, 0.1) is 5.92 Å². The number of ether oxygens (including phenoxy) is 2. The van der Waals surface area contributed by atoms with Gasteiger partial charge in [-0.1, -0.05) is 12.8 Å². The lowest BCUT2D eigenvalue weighted by atomic mass is 9.74. The van der Waals surface area contributed by atoms with Gasteiger partial charge in [0.2, 0.25) is 0 Å². The lowest BCUT2D eigenvalue weighted by Gasteiger charge is -2.47. The van der Waals surface area contributed by atoms with E-state index in [1.165, 1.54) is 12.8 Å². The number of aliphatic hydroxyl groups excluding tert-OH is 1. The Labute approximate surface area is 122 Å². The van der Waals surface area contributed by atoms with E-state index >= 15 is 0 Å². The highest BCUT2D eigenvalue weighted by atomic mass is 16.6. The SMILES string of the molecule is CN(C)C1(C(O)C2CCOC3(CCOC3)C2)CCCC1. The van der Waals surface area contributed by atoms with Crippen molar-refractivity contribution in [3.05, 3.63) is 0 Å². The van der Waals surface area contributed by atoms with Crippen LogP contribution in [-0.4, -0.2) is 61.2 Å². The zero-order valence-electron chi connectivity index (χ0n) is 12.9. The fourth-order valence-electron chi connectivity index (χ4n) is 4.63. The van der Waals surface area contributed by atoms with Crippen molar-refractivity contribution in [2.75, 3.05) is 33.9 Å². The number of likely N-dealkylation sites (N-methyl/N-ethyl adjacent to an activating group) is 1. The molecule has 0 aromatic heterocycles. The third-order valence-corrected chi connectivity index (χ3v) is 5.96. The Morgan fingerprint density at radius 1 is 1.15 bits per heavy atom. The molecule has 20 heavy (non-hydrogen) atoms. The van der Waals surface area contributed by atoms with E-state index in [4.69, 9.17) is 9.47 Å². The van der Waals surface area contributed by atoms with Gasteiger partial charge in [-0.05, 0) is 45.7 Å². The van der Waals surface area contributed by atoms with Gasteiger partial charge in [-0.3, -0.25) is 0 Å². The van der Waals surface area contributed by atoms with Gasteiger partial charge in [-0.15, -0.1) is 0 Å². The molecule has 4 heteroatoms. The molecule has 0 bridgehead atoms. The van der Waals surface area contributed by atoms with Crippen molar-refractivity contribution in [2.24, 2.45) is 5.92 Å². The van der Waals surface area contributed by atoms with E-state index < -0.39 is 0 Å². The summed E-state index contributed by atoms with van der Waals surface area (Å²) in [6, 6.07) is 0. The molecule has 3 unspecified atom stereocenters. The van der Waals surface area contributed by atoms with Crippen LogP contribution in [0.4, 0.5) is 0 Å². The number of nitrogens with zero attached hydrogens (tertiary/aromatic N) is 1. The predicted molar refractivity (Wildman–Crippen MR) is 77.7 cm³/mol. The summed E-state index contributed by atoms with van der Waals surface area (Å²) in [6.45, 7) is 2.29. The largest absolute Gasteiger partial charge is 0.391 e. The van der Waals surface area contributed by atoms with Crippen LogP contribution in [0.15, 0.2) is 0 Å². The van der Waals surface area contributed by atoms with Gasteiger partial charge in [-0.25, -0.2) is 0 Å². The summed E-state index contributed by atoms with van der Waals surface area (Å²) in [5, 5.41) is 11.1. The molecule has 0 aromatic rings. The van der Waals surface area contributed by atoms with Gasteiger partial charge in [0, 0.05) is 25.2 Å². The monoisotopic (exact) mass is 283 g/mol. The molecule has 3 rings (SSSR count). The highest BCUT2D eigenvalue weighted by Crippen LogP contribution is 2.44. The van der Waals surface area contributed by atoms with E-state index in [0.717, 1.165) is 45.3 Å². The van der Waals surface area contributed by atoms with E-state index in [-0.39, 0.29) is 17.2 Å². The number of aliphatic hydroxyl groups is 1. The molecule has 3 fully saturated rings. The normalized spacial score (nSPS) is 38.7. The Hall–Kier alpha value is -0.160. The molecular weight excluding hydrogens is 254 g/mol. The number of rotatable bonds is 3. The Kier molecular flexibility index (Phi) is 4.10. The maximum atomic E-state index is 11.1. The summed E-state index contributed by atoms with van der Waals surface area (Å²) >= 11 is 0. The summed E-state index contributed by atoms with van der Waals surface area (Å²) < 4.78 is 11.6. The molecule has 116 valence electrons. The van der Waals surface area contributed by atoms with E-state index in [0.29, 0.717) is 12.5 Å². The molecule has 0 aromatic carbocycles. The van der Waals surface area contributed by atoms with Crippen LogP contribution >= 0.6 is 0 Å². The molecule has 2 saturated heterocycles. The first-order chi connectivity index (χ1) is 9.58. The Morgan fingerprint density at radius 2 is 1.90 bits per heavy atom. The fraction of sp³-hybridized carbons (Fsp3) is 1.00. The minimum absolute atomic E-state index is 0.0113. The third-order valence-electron chi connectivity index (χ3n) is 5.96. The van der Waals surface area contributed by atoms with Crippen LogP contribution in [0.2, 0.25) is 0 Å². The zero-order chi connectivity index (χ0) is 14.2. The van der Waals surface area contributed by atoms with E-state index in [9.17, 15) is 5.11 Å². The van der Waals surface area contributed by atoms with Gasteiger partial charge in [0.15, 0.2) is 0 Å². The summed E-state index contributed by atoms with van der Waals surface area (Å²) in [5.74, 6) is 0.353. The van der Waals surface area contributed by atoms with Crippen molar-refractivity contribution in [3.8, 4) is 0 Å². The van der Waals surface area contributed by atoms with Crippen LogP contribution in [-0.2, 0) is 9.47 Å². The topological polar surface area (TPSA) is 41.9 Å². The second kappa shape index (κ2) is 5.56. The molecular formula is C16H29NO3. The summed E-state index contributed by atoms with van der Waals surface area (Å²) in [5.41, 5.74) is -0.112. The molecule has 3 atom stereocenters. The quantitative estimate of drug-likeness (QED) is 0.858. The fourth-order valence-corrected chi connectivity index (χ4v) is 4.63. The maximum Gasteiger partial charge on any atom is 0.0940 e. The molecule has 3 aliphatic rings. The Bertz CT molecular complexity index is 333. The Balaban J connectivity index is 1.74. The summed E-state index contributed by atoms with van der Waals surface area (Å²) in [6.07, 6.45) is 7.44. The molecule has 2 aliphatic heterocycles. The van der Waals surface area contributed by atoms with Crippen molar-refractivity contribution < 1.29 is 14.6 Å². The lowest BCUT2D eigenvalue weighted by Crippen LogP contribution is -2.57. The minimum Gasteiger partial charge on any atom is -0.391 e. The number of hydrogen-bond donors (Lipinski definition) is 1. The molecule has 2 heterocycles. The van der Waals surface area contributed by atoms with Gasteiger partial charge in [0.1, 0.15) is 0 Å². The minimum atomic E-state index is -0.235. The van der Waals surface area contributed by atoms with E-state index in [1.807, 2.05) is 0 Å². The van der Waals surface area contributed by atoms with Crippen molar-refractivity contribution in [1.82, 2.24) is 4.90 Å². The molecule has 1 aliphatic carbocycles. The average Bonchev–Trinajstić information content (AvgIpc) is 3.08. The predicted octanol–water partition coefficient (Wildman–Crippen LogP) is 1.81.